The lowest BCUT2D eigenvalue weighted by Crippen LogP contribution is -2.18. The van der Waals surface area contributed by atoms with E-state index in [0.717, 1.165) is 16.0 Å². The number of thioether (sulfide) groups is 1. The van der Waals surface area contributed by atoms with Crippen LogP contribution in [0.5, 0.6) is 0 Å². The van der Waals surface area contributed by atoms with Crippen molar-refractivity contribution in [1.82, 2.24) is 9.97 Å². The average molecular weight is 384 g/mol. The summed E-state index contributed by atoms with van der Waals surface area (Å²) in [5, 5.41) is 9.46. The topological polar surface area (TPSA) is 66.0 Å². The van der Waals surface area contributed by atoms with Crippen molar-refractivity contribution in [2.24, 2.45) is 0 Å². The summed E-state index contributed by atoms with van der Waals surface area (Å²) >= 11 is 1.35. The fourth-order valence-electron chi connectivity index (χ4n) is 2.88. The number of aliphatic hydroxyl groups is 1. The molecule has 0 aliphatic heterocycles. The summed E-state index contributed by atoms with van der Waals surface area (Å²) in [6.07, 6.45) is 1.04. The first-order valence-electron chi connectivity index (χ1n) is 8.78. The molecular weight excluding hydrogens is 363 g/mol. The smallest absolute Gasteiger partial charge is 0.254 e. The minimum absolute atomic E-state index is 0.151. The zero-order valence-electron chi connectivity index (χ0n) is 15.2. The number of aliphatic hydroxyl groups excluding tert-OH is 1. The van der Waals surface area contributed by atoms with Crippen LogP contribution < -0.4 is 5.56 Å². The molecule has 6 heteroatoms. The highest BCUT2D eigenvalue weighted by Gasteiger charge is 2.12. The minimum atomic E-state index is -0.486. The number of nitrogens with one attached hydrogen (secondary N) is 1. The molecular formula is C21H21FN2O2S. The molecule has 0 bridgehead atoms. The summed E-state index contributed by atoms with van der Waals surface area (Å²) in [6, 6.07) is 13.8. The van der Waals surface area contributed by atoms with Crippen LogP contribution in [0, 0.1) is 5.82 Å². The SMILES string of the molecule is CCc1c(Cc2ccc(F)cc2)nc(-c2ccc(SC(C)O)cc2)[nH]c1=O. The zero-order chi connectivity index (χ0) is 19.4. The van der Waals surface area contributed by atoms with Crippen LogP contribution in [0.4, 0.5) is 4.39 Å². The predicted octanol–water partition coefficient (Wildman–Crippen LogP) is 4.16. The number of aromatic amines is 1. The molecule has 1 atom stereocenters. The molecule has 2 N–H and O–H groups in total. The zero-order valence-corrected chi connectivity index (χ0v) is 16.0. The van der Waals surface area contributed by atoms with Crippen molar-refractivity contribution >= 4 is 11.8 Å². The van der Waals surface area contributed by atoms with Gasteiger partial charge in [-0.25, -0.2) is 9.37 Å². The van der Waals surface area contributed by atoms with Crippen molar-refractivity contribution in [3.05, 3.63) is 81.5 Å². The average Bonchev–Trinajstić information content (AvgIpc) is 2.63. The van der Waals surface area contributed by atoms with Gasteiger partial charge in [0.25, 0.3) is 5.56 Å². The molecule has 0 aliphatic carbocycles. The van der Waals surface area contributed by atoms with Gasteiger partial charge in [0.1, 0.15) is 17.1 Å². The Kier molecular flexibility index (Phi) is 6.08. The van der Waals surface area contributed by atoms with E-state index in [9.17, 15) is 14.3 Å². The second-order valence-electron chi connectivity index (χ2n) is 6.24. The maximum absolute atomic E-state index is 13.1. The predicted molar refractivity (Wildman–Crippen MR) is 106 cm³/mol. The molecule has 27 heavy (non-hydrogen) atoms. The Morgan fingerprint density at radius 2 is 1.81 bits per heavy atom. The number of hydrogen-bond acceptors (Lipinski definition) is 4. The Morgan fingerprint density at radius 1 is 1.15 bits per heavy atom. The van der Waals surface area contributed by atoms with Gasteiger partial charge in [0.05, 0.1) is 5.69 Å². The van der Waals surface area contributed by atoms with Crippen LogP contribution in [0.25, 0.3) is 11.4 Å². The molecule has 140 valence electrons. The van der Waals surface area contributed by atoms with Crippen LogP contribution in [-0.2, 0) is 12.8 Å². The van der Waals surface area contributed by atoms with Gasteiger partial charge in [-0.1, -0.05) is 43.0 Å². The van der Waals surface area contributed by atoms with Crippen LogP contribution in [0.2, 0.25) is 0 Å². The lowest BCUT2D eigenvalue weighted by Gasteiger charge is -2.10. The molecule has 0 radical (unpaired) electrons. The lowest BCUT2D eigenvalue weighted by atomic mass is 10.0. The maximum Gasteiger partial charge on any atom is 0.254 e. The fourth-order valence-corrected chi connectivity index (χ4v) is 3.56. The summed E-state index contributed by atoms with van der Waals surface area (Å²) in [6.45, 7) is 3.63. The van der Waals surface area contributed by atoms with Crippen LogP contribution >= 0.6 is 11.8 Å². The van der Waals surface area contributed by atoms with Gasteiger partial charge < -0.3 is 10.1 Å². The number of hydrogen-bond donors (Lipinski definition) is 2. The van der Waals surface area contributed by atoms with E-state index >= 15 is 0 Å². The van der Waals surface area contributed by atoms with Gasteiger partial charge in [0.2, 0.25) is 0 Å². The van der Waals surface area contributed by atoms with E-state index in [0.29, 0.717) is 29.9 Å². The summed E-state index contributed by atoms with van der Waals surface area (Å²) in [5.41, 5.74) is 2.40. The van der Waals surface area contributed by atoms with E-state index in [-0.39, 0.29) is 11.4 Å². The summed E-state index contributed by atoms with van der Waals surface area (Å²) in [7, 11) is 0. The first kappa shape index (κ1) is 19.3. The Hall–Kier alpha value is -2.44. The van der Waals surface area contributed by atoms with Gasteiger partial charge in [-0.3, -0.25) is 4.79 Å². The number of nitrogens with zero attached hydrogens (tertiary/aromatic N) is 1. The number of H-pyrrole nitrogens is 1. The first-order valence-corrected chi connectivity index (χ1v) is 9.66. The largest absolute Gasteiger partial charge is 0.382 e. The number of halogens is 1. The second-order valence-corrected chi connectivity index (χ2v) is 7.63. The molecule has 0 amide bonds. The van der Waals surface area contributed by atoms with E-state index < -0.39 is 5.44 Å². The van der Waals surface area contributed by atoms with E-state index in [1.165, 1.54) is 23.9 Å². The molecule has 4 nitrogen and oxygen atoms in total. The summed E-state index contributed by atoms with van der Waals surface area (Å²) < 4.78 is 13.1. The number of rotatable bonds is 6. The quantitative estimate of drug-likeness (QED) is 0.495. The maximum atomic E-state index is 13.1. The van der Waals surface area contributed by atoms with E-state index in [1.807, 2.05) is 31.2 Å². The summed E-state index contributed by atoms with van der Waals surface area (Å²) in [5.74, 6) is 0.215. The van der Waals surface area contributed by atoms with E-state index in [1.54, 1.807) is 19.1 Å². The third-order valence-corrected chi connectivity index (χ3v) is 5.06. The Bertz CT molecular complexity index is 967. The Balaban J connectivity index is 1.96. The molecule has 1 unspecified atom stereocenters. The van der Waals surface area contributed by atoms with Gasteiger partial charge in [-0.05, 0) is 43.2 Å². The molecule has 0 fully saturated rings. The Morgan fingerprint density at radius 3 is 2.41 bits per heavy atom. The van der Waals surface area contributed by atoms with Gasteiger partial charge in [0, 0.05) is 22.4 Å². The molecule has 0 saturated carbocycles. The highest BCUT2D eigenvalue weighted by Crippen LogP contribution is 2.25. The number of benzene rings is 2. The van der Waals surface area contributed by atoms with Crippen LogP contribution in [0.15, 0.2) is 58.2 Å². The highest BCUT2D eigenvalue weighted by molar-refractivity contribution is 7.99. The molecule has 3 rings (SSSR count). The molecule has 2 aromatic carbocycles. The first-order chi connectivity index (χ1) is 13.0. The van der Waals surface area contributed by atoms with Gasteiger partial charge in [-0.15, -0.1) is 0 Å². The van der Waals surface area contributed by atoms with Gasteiger partial charge >= 0.3 is 0 Å². The van der Waals surface area contributed by atoms with Crippen molar-refractivity contribution in [2.45, 2.75) is 37.0 Å². The van der Waals surface area contributed by atoms with E-state index in [2.05, 4.69) is 9.97 Å². The normalized spacial score (nSPS) is 12.1. The third kappa shape index (κ3) is 4.84. The molecule has 1 heterocycles. The monoisotopic (exact) mass is 384 g/mol. The van der Waals surface area contributed by atoms with E-state index in [4.69, 9.17) is 0 Å². The minimum Gasteiger partial charge on any atom is -0.382 e. The molecule has 0 spiro atoms. The lowest BCUT2D eigenvalue weighted by molar-refractivity contribution is 0.284. The molecule has 0 saturated heterocycles. The second kappa shape index (κ2) is 8.50. The molecule has 0 aliphatic rings. The third-order valence-electron chi connectivity index (χ3n) is 4.17. The van der Waals surface area contributed by atoms with Crippen LogP contribution in [0.3, 0.4) is 0 Å². The van der Waals surface area contributed by atoms with Crippen molar-refractivity contribution in [3.8, 4) is 11.4 Å². The summed E-state index contributed by atoms with van der Waals surface area (Å²) in [4.78, 5) is 21.0. The Labute approximate surface area is 161 Å². The standard InChI is InChI=1S/C21H21FN2O2S/c1-3-18-19(12-14-4-8-16(22)9-5-14)23-20(24-21(18)26)15-6-10-17(11-7-15)27-13(2)25/h4-11,13,25H,3,12H2,1-2H3,(H,23,24,26). The van der Waals surface area contributed by atoms with Gasteiger partial charge in [0.15, 0.2) is 0 Å². The van der Waals surface area contributed by atoms with Gasteiger partial charge in [-0.2, -0.15) is 0 Å². The van der Waals surface area contributed by atoms with Crippen molar-refractivity contribution in [3.63, 3.8) is 0 Å². The molecule has 3 aromatic rings. The fraction of sp³-hybridized carbons (Fsp3) is 0.238. The van der Waals surface area contributed by atoms with Crippen molar-refractivity contribution in [2.75, 3.05) is 0 Å². The van der Waals surface area contributed by atoms with Crippen LogP contribution in [-0.4, -0.2) is 20.5 Å². The number of aromatic nitrogens is 2. The van der Waals surface area contributed by atoms with Crippen molar-refractivity contribution < 1.29 is 9.50 Å². The van der Waals surface area contributed by atoms with Crippen LogP contribution in [0.1, 0.15) is 30.7 Å². The van der Waals surface area contributed by atoms with Crippen molar-refractivity contribution in [1.29, 1.82) is 0 Å². The molecule has 1 aromatic heterocycles. The highest BCUT2D eigenvalue weighted by atomic mass is 32.2.